The SMILES string of the molecule is C=CCCCC=CCC1CCCCC1=O. The Balaban J connectivity index is 2.12. The van der Waals surface area contributed by atoms with Crippen molar-refractivity contribution in [2.75, 3.05) is 0 Å². The molecule has 1 rings (SSSR count). The van der Waals surface area contributed by atoms with Crippen molar-refractivity contribution in [3.05, 3.63) is 24.8 Å². The van der Waals surface area contributed by atoms with Crippen LogP contribution in [0.5, 0.6) is 0 Å². The Morgan fingerprint density at radius 2 is 2.13 bits per heavy atom. The van der Waals surface area contributed by atoms with Gasteiger partial charge in [0.05, 0.1) is 0 Å². The molecule has 0 aromatic rings. The quantitative estimate of drug-likeness (QED) is 0.473. The zero-order valence-corrected chi connectivity index (χ0v) is 9.58. The first kappa shape index (κ1) is 12.2. The van der Waals surface area contributed by atoms with Gasteiger partial charge in [-0.1, -0.05) is 24.6 Å². The summed E-state index contributed by atoms with van der Waals surface area (Å²) in [6.07, 6.45) is 15.0. The third kappa shape index (κ3) is 4.96. The third-order valence-electron chi connectivity index (χ3n) is 3.05. The summed E-state index contributed by atoms with van der Waals surface area (Å²) in [4.78, 5) is 11.5. The van der Waals surface area contributed by atoms with E-state index >= 15 is 0 Å². The van der Waals surface area contributed by atoms with Gasteiger partial charge < -0.3 is 0 Å². The minimum absolute atomic E-state index is 0.328. The molecule has 1 atom stereocenters. The van der Waals surface area contributed by atoms with Crippen LogP contribution in [0.15, 0.2) is 24.8 Å². The Labute approximate surface area is 93.3 Å². The molecular weight excluding hydrogens is 184 g/mol. The molecule has 0 aromatic carbocycles. The number of Topliss-reactive ketones (excluding diaryl/α,β-unsaturated/α-hetero) is 1. The van der Waals surface area contributed by atoms with Gasteiger partial charge in [0, 0.05) is 12.3 Å². The third-order valence-corrected chi connectivity index (χ3v) is 3.05. The smallest absolute Gasteiger partial charge is 0.136 e. The van der Waals surface area contributed by atoms with Crippen molar-refractivity contribution in [2.24, 2.45) is 5.92 Å². The Kier molecular flexibility index (Phi) is 6.06. The van der Waals surface area contributed by atoms with Gasteiger partial charge in [0.25, 0.3) is 0 Å². The maximum Gasteiger partial charge on any atom is 0.136 e. The summed E-state index contributed by atoms with van der Waals surface area (Å²) in [5.74, 6) is 0.811. The van der Waals surface area contributed by atoms with Crippen LogP contribution in [0.1, 0.15) is 51.4 Å². The number of allylic oxidation sites excluding steroid dienone is 3. The highest BCUT2D eigenvalue weighted by Gasteiger charge is 2.20. The second kappa shape index (κ2) is 7.44. The van der Waals surface area contributed by atoms with Crippen molar-refractivity contribution in [3.8, 4) is 0 Å². The van der Waals surface area contributed by atoms with Gasteiger partial charge in [-0.3, -0.25) is 4.79 Å². The van der Waals surface area contributed by atoms with Crippen molar-refractivity contribution < 1.29 is 4.79 Å². The van der Waals surface area contributed by atoms with E-state index < -0.39 is 0 Å². The maximum atomic E-state index is 11.5. The summed E-state index contributed by atoms with van der Waals surface area (Å²) in [6.45, 7) is 3.69. The lowest BCUT2D eigenvalue weighted by molar-refractivity contribution is -0.124. The lowest BCUT2D eigenvalue weighted by Crippen LogP contribution is -2.17. The van der Waals surface area contributed by atoms with E-state index in [0.29, 0.717) is 11.7 Å². The molecule has 1 aliphatic rings. The molecule has 0 aromatic heterocycles. The maximum absolute atomic E-state index is 11.5. The summed E-state index contributed by atoms with van der Waals surface area (Å²) in [6, 6.07) is 0. The van der Waals surface area contributed by atoms with E-state index in [9.17, 15) is 4.79 Å². The number of hydrogen-bond donors (Lipinski definition) is 0. The lowest BCUT2D eigenvalue weighted by Gasteiger charge is -2.18. The number of unbranched alkanes of at least 4 members (excludes halogenated alkanes) is 2. The number of ketones is 1. The molecule has 0 amide bonds. The van der Waals surface area contributed by atoms with Crippen LogP contribution in [0.25, 0.3) is 0 Å². The highest BCUT2D eigenvalue weighted by atomic mass is 16.1. The van der Waals surface area contributed by atoms with Crippen LogP contribution in [-0.2, 0) is 4.79 Å². The summed E-state index contributed by atoms with van der Waals surface area (Å²) in [5, 5.41) is 0. The van der Waals surface area contributed by atoms with Gasteiger partial charge in [0.15, 0.2) is 0 Å². The Morgan fingerprint density at radius 1 is 1.27 bits per heavy atom. The number of rotatable bonds is 6. The fourth-order valence-corrected chi connectivity index (χ4v) is 2.06. The largest absolute Gasteiger partial charge is 0.299 e. The van der Waals surface area contributed by atoms with Gasteiger partial charge in [0.1, 0.15) is 5.78 Å². The molecule has 1 saturated carbocycles. The molecule has 1 heteroatoms. The predicted octanol–water partition coefficient (Wildman–Crippen LogP) is 4.05. The van der Waals surface area contributed by atoms with E-state index in [2.05, 4.69) is 18.7 Å². The van der Waals surface area contributed by atoms with Crippen LogP contribution >= 0.6 is 0 Å². The molecule has 0 saturated heterocycles. The molecule has 1 unspecified atom stereocenters. The lowest BCUT2D eigenvalue weighted by atomic mass is 9.86. The number of carbonyl (C=O) groups is 1. The van der Waals surface area contributed by atoms with Crippen LogP contribution in [0.4, 0.5) is 0 Å². The molecule has 1 nitrogen and oxygen atoms in total. The Bertz CT molecular complexity index is 227. The molecular formula is C14H22O. The second-order valence-corrected chi connectivity index (χ2v) is 4.34. The summed E-state index contributed by atoms with van der Waals surface area (Å²) >= 11 is 0. The van der Waals surface area contributed by atoms with Crippen molar-refractivity contribution in [1.82, 2.24) is 0 Å². The van der Waals surface area contributed by atoms with Gasteiger partial charge >= 0.3 is 0 Å². The Morgan fingerprint density at radius 3 is 2.87 bits per heavy atom. The van der Waals surface area contributed by atoms with Gasteiger partial charge in [-0.2, -0.15) is 0 Å². The van der Waals surface area contributed by atoms with Crippen LogP contribution in [0.3, 0.4) is 0 Å². The van der Waals surface area contributed by atoms with E-state index in [1.165, 1.54) is 12.8 Å². The van der Waals surface area contributed by atoms with Crippen LogP contribution in [-0.4, -0.2) is 5.78 Å². The zero-order valence-electron chi connectivity index (χ0n) is 9.58. The molecule has 15 heavy (non-hydrogen) atoms. The van der Waals surface area contributed by atoms with Gasteiger partial charge in [-0.05, 0) is 38.5 Å². The standard InChI is InChI=1S/C14H22O/c1-2-3-4-5-6-7-10-13-11-8-9-12-14(13)15/h2,6-7,13H,1,3-5,8-12H2. The topological polar surface area (TPSA) is 17.1 Å². The first-order chi connectivity index (χ1) is 7.34. The first-order valence-electron chi connectivity index (χ1n) is 6.13. The fourth-order valence-electron chi connectivity index (χ4n) is 2.06. The van der Waals surface area contributed by atoms with Crippen molar-refractivity contribution >= 4 is 5.78 Å². The molecule has 1 aliphatic carbocycles. The fraction of sp³-hybridized carbons (Fsp3) is 0.643. The first-order valence-corrected chi connectivity index (χ1v) is 6.13. The summed E-state index contributed by atoms with van der Waals surface area (Å²) in [5.41, 5.74) is 0. The average molecular weight is 206 g/mol. The van der Waals surface area contributed by atoms with E-state index in [1.807, 2.05) is 6.08 Å². The van der Waals surface area contributed by atoms with E-state index in [0.717, 1.165) is 38.5 Å². The summed E-state index contributed by atoms with van der Waals surface area (Å²) < 4.78 is 0. The summed E-state index contributed by atoms with van der Waals surface area (Å²) in [7, 11) is 0. The van der Waals surface area contributed by atoms with Crippen LogP contribution < -0.4 is 0 Å². The Hall–Kier alpha value is -0.850. The van der Waals surface area contributed by atoms with Gasteiger partial charge in [-0.25, -0.2) is 0 Å². The minimum atomic E-state index is 0.328. The van der Waals surface area contributed by atoms with Crippen molar-refractivity contribution in [2.45, 2.75) is 51.4 Å². The minimum Gasteiger partial charge on any atom is -0.299 e. The van der Waals surface area contributed by atoms with E-state index in [1.54, 1.807) is 0 Å². The molecule has 0 bridgehead atoms. The van der Waals surface area contributed by atoms with E-state index in [-0.39, 0.29) is 0 Å². The molecule has 0 aliphatic heterocycles. The molecule has 0 N–H and O–H groups in total. The van der Waals surface area contributed by atoms with Crippen LogP contribution in [0.2, 0.25) is 0 Å². The monoisotopic (exact) mass is 206 g/mol. The normalized spacial score (nSPS) is 22.1. The molecule has 0 radical (unpaired) electrons. The predicted molar refractivity (Wildman–Crippen MR) is 64.8 cm³/mol. The highest BCUT2D eigenvalue weighted by Crippen LogP contribution is 2.23. The number of hydrogen-bond acceptors (Lipinski definition) is 1. The average Bonchev–Trinajstić information content (AvgIpc) is 2.25. The second-order valence-electron chi connectivity index (χ2n) is 4.34. The van der Waals surface area contributed by atoms with Crippen molar-refractivity contribution in [3.63, 3.8) is 0 Å². The van der Waals surface area contributed by atoms with Gasteiger partial charge in [0.2, 0.25) is 0 Å². The van der Waals surface area contributed by atoms with E-state index in [4.69, 9.17) is 0 Å². The van der Waals surface area contributed by atoms with Gasteiger partial charge in [-0.15, -0.1) is 6.58 Å². The molecule has 0 spiro atoms. The highest BCUT2D eigenvalue weighted by molar-refractivity contribution is 5.81. The molecule has 0 heterocycles. The number of carbonyl (C=O) groups excluding carboxylic acids is 1. The molecule has 84 valence electrons. The van der Waals surface area contributed by atoms with Crippen molar-refractivity contribution in [1.29, 1.82) is 0 Å². The zero-order chi connectivity index (χ0) is 10.9. The molecule has 1 fully saturated rings. The van der Waals surface area contributed by atoms with Crippen LogP contribution in [0, 0.1) is 5.92 Å².